The van der Waals surface area contributed by atoms with E-state index in [9.17, 15) is 14.4 Å². The maximum absolute atomic E-state index is 12.1. The molecule has 0 fully saturated rings. The first-order valence-electron chi connectivity index (χ1n) is 7.70. The van der Waals surface area contributed by atoms with E-state index in [0.29, 0.717) is 29.1 Å². The van der Waals surface area contributed by atoms with Crippen LogP contribution in [0, 0.1) is 0 Å². The summed E-state index contributed by atoms with van der Waals surface area (Å²) < 4.78 is 5.26. The van der Waals surface area contributed by atoms with Crippen LogP contribution in [0.15, 0.2) is 42.5 Å². The molecule has 2 amide bonds. The highest BCUT2D eigenvalue weighted by Gasteiger charge is 2.16. The number of aromatic carboxylic acids is 1. The standard InChI is InChI=1S/C18H16N2O5/c21-16(8-5-11-3-1-2-4-13(11)18(23)24)19-12-6-7-15-14(9-12)20-17(22)10-25-15/h1-4,6-7,9H,5,8,10H2,(H,19,21)(H,20,22)(H,23,24). The van der Waals surface area contributed by atoms with Gasteiger partial charge in [0, 0.05) is 12.1 Å². The number of fused-ring (bicyclic) bond motifs is 1. The number of carbonyl (C=O) groups is 3. The van der Waals surface area contributed by atoms with Crippen molar-refractivity contribution in [1.82, 2.24) is 0 Å². The number of rotatable bonds is 5. The van der Waals surface area contributed by atoms with Crippen molar-refractivity contribution in [3.05, 3.63) is 53.6 Å². The Morgan fingerprint density at radius 2 is 2.00 bits per heavy atom. The van der Waals surface area contributed by atoms with Gasteiger partial charge in [0.15, 0.2) is 6.61 Å². The van der Waals surface area contributed by atoms with Crippen molar-refractivity contribution in [2.75, 3.05) is 17.2 Å². The number of amides is 2. The molecular weight excluding hydrogens is 324 g/mol. The number of carbonyl (C=O) groups excluding carboxylic acids is 2. The van der Waals surface area contributed by atoms with Crippen LogP contribution < -0.4 is 15.4 Å². The minimum Gasteiger partial charge on any atom is -0.482 e. The van der Waals surface area contributed by atoms with Gasteiger partial charge in [0.05, 0.1) is 11.3 Å². The van der Waals surface area contributed by atoms with E-state index in [0.717, 1.165) is 0 Å². The van der Waals surface area contributed by atoms with Gasteiger partial charge >= 0.3 is 5.97 Å². The SMILES string of the molecule is O=C(CCc1ccccc1C(=O)O)Nc1ccc2c(c1)NC(=O)CO2. The molecule has 0 atom stereocenters. The molecule has 25 heavy (non-hydrogen) atoms. The van der Waals surface area contributed by atoms with Crippen LogP contribution in [-0.2, 0) is 16.0 Å². The van der Waals surface area contributed by atoms with Gasteiger partial charge in [0.2, 0.25) is 5.91 Å². The van der Waals surface area contributed by atoms with Crippen LogP contribution in [0.1, 0.15) is 22.3 Å². The third-order valence-corrected chi connectivity index (χ3v) is 3.77. The van der Waals surface area contributed by atoms with E-state index in [-0.39, 0.29) is 30.4 Å². The second-order valence-corrected chi connectivity index (χ2v) is 5.56. The van der Waals surface area contributed by atoms with Crippen molar-refractivity contribution in [2.24, 2.45) is 0 Å². The molecule has 0 bridgehead atoms. The van der Waals surface area contributed by atoms with E-state index in [1.807, 2.05) is 0 Å². The lowest BCUT2D eigenvalue weighted by molar-refractivity contribution is -0.118. The van der Waals surface area contributed by atoms with E-state index in [4.69, 9.17) is 9.84 Å². The van der Waals surface area contributed by atoms with Crippen LogP contribution in [0.2, 0.25) is 0 Å². The number of hydrogen-bond donors (Lipinski definition) is 3. The second-order valence-electron chi connectivity index (χ2n) is 5.56. The summed E-state index contributed by atoms with van der Waals surface area (Å²) in [4.78, 5) is 34.6. The van der Waals surface area contributed by atoms with E-state index in [1.165, 1.54) is 6.07 Å². The zero-order valence-corrected chi connectivity index (χ0v) is 13.2. The fourth-order valence-corrected chi connectivity index (χ4v) is 2.58. The summed E-state index contributed by atoms with van der Waals surface area (Å²) in [6, 6.07) is 11.6. The van der Waals surface area contributed by atoms with Crippen molar-refractivity contribution >= 4 is 29.2 Å². The molecule has 3 N–H and O–H groups in total. The van der Waals surface area contributed by atoms with Gasteiger partial charge in [-0.05, 0) is 36.2 Å². The predicted octanol–water partition coefficient (Wildman–Crippen LogP) is 2.29. The molecule has 0 aliphatic carbocycles. The highest BCUT2D eigenvalue weighted by molar-refractivity contribution is 5.97. The molecule has 0 spiro atoms. The average Bonchev–Trinajstić information content (AvgIpc) is 2.59. The third kappa shape index (κ3) is 3.95. The quantitative estimate of drug-likeness (QED) is 0.774. The number of carboxylic acid groups (broad SMARTS) is 1. The molecule has 1 heterocycles. The molecule has 7 nitrogen and oxygen atoms in total. The molecule has 7 heteroatoms. The number of nitrogens with one attached hydrogen (secondary N) is 2. The van der Waals surface area contributed by atoms with Crippen molar-refractivity contribution < 1.29 is 24.2 Å². The van der Waals surface area contributed by atoms with Gasteiger partial charge in [-0.1, -0.05) is 18.2 Å². The monoisotopic (exact) mass is 340 g/mol. The molecule has 3 rings (SSSR count). The summed E-state index contributed by atoms with van der Waals surface area (Å²) in [6.45, 7) is -0.0261. The fourth-order valence-electron chi connectivity index (χ4n) is 2.58. The first-order valence-corrected chi connectivity index (χ1v) is 7.70. The molecule has 1 aliphatic rings. The average molecular weight is 340 g/mol. The predicted molar refractivity (Wildman–Crippen MR) is 90.9 cm³/mol. The van der Waals surface area contributed by atoms with Crippen LogP contribution in [0.5, 0.6) is 5.75 Å². The minimum atomic E-state index is -1.01. The van der Waals surface area contributed by atoms with Crippen molar-refractivity contribution in [1.29, 1.82) is 0 Å². The van der Waals surface area contributed by atoms with Gasteiger partial charge in [-0.25, -0.2) is 4.79 Å². The third-order valence-electron chi connectivity index (χ3n) is 3.77. The topological polar surface area (TPSA) is 105 Å². The molecule has 2 aromatic rings. The first-order chi connectivity index (χ1) is 12.0. The molecule has 0 radical (unpaired) electrons. The molecule has 128 valence electrons. The lowest BCUT2D eigenvalue weighted by Gasteiger charge is -2.18. The van der Waals surface area contributed by atoms with Crippen LogP contribution >= 0.6 is 0 Å². The summed E-state index contributed by atoms with van der Waals surface area (Å²) >= 11 is 0. The Morgan fingerprint density at radius 3 is 2.80 bits per heavy atom. The molecule has 0 saturated heterocycles. The minimum absolute atomic E-state index is 0.0261. The number of ether oxygens (including phenoxy) is 1. The van der Waals surface area contributed by atoms with Crippen molar-refractivity contribution in [2.45, 2.75) is 12.8 Å². The normalized spacial score (nSPS) is 12.6. The Hall–Kier alpha value is -3.35. The molecular formula is C18H16N2O5. The Labute approximate surface area is 143 Å². The smallest absolute Gasteiger partial charge is 0.335 e. The number of anilines is 2. The van der Waals surface area contributed by atoms with Gasteiger partial charge < -0.3 is 20.5 Å². The maximum atomic E-state index is 12.1. The first kappa shape index (κ1) is 16.5. The number of hydrogen-bond acceptors (Lipinski definition) is 4. The zero-order valence-electron chi connectivity index (χ0n) is 13.2. The Bertz CT molecular complexity index is 847. The summed E-state index contributed by atoms with van der Waals surface area (Å²) in [5.41, 5.74) is 1.84. The van der Waals surface area contributed by atoms with Crippen LogP contribution in [0.4, 0.5) is 11.4 Å². The van der Waals surface area contributed by atoms with Gasteiger partial charge in [0.25, 0.3) is 5.91 Å². The highest BCUT2D eigenvalue weighted by Crippen LogP contribution is 2.30. The van der Waals surface area contributed by atoms with E-state index < -0.39 is 5.97 Å². The van der Waals surface area contributed by atoms with Gasteiger partial charge in [-0.15, -0.1) is 0 Å². The Morgan fingerprint density at radius 1 is 1.20 bits per heavy atom. The highest BCUT2D eigenvalue weighted by atomic mass is 16.5. The molecule has 2 aromatic carbocycles. The summed E-state index contributed by atoms with van der Waals surface area (Å²) in [5, 5.41) is 14.6. The largest absolute Gasteiger partial charge is 0.482 e. The Balaban J connectivity index is 1.63. The lowest BCUT2D eigenvalue weighted by atomic mass is 10.0. The number of carboxylic acids is 1. The summed E-state index contributed by atoms with van der Waals surface area (Å²) in [5.74, 6) is -0.959. The maximum Gasteiger partial charge on any atom is 0.335 e. The fraction of sp³-hybridized carbons (Fsp3) is 0.167. The van der Waals surface area contributed by atoms with Gasteiger partial charge in [-0.2, -0.15) is 0 Å². The van der Waals surface area contributed by atoms with Crippen LogP contribution in [-0.4, -0.2) is 29.5 Å². The van der Waals surface area contributed by atoms with Crippen molar-refractivity contribution in [3.8, 4) is 5.75 Å². The molecule has 1 aliphatic heterocycles. The van der Waals surface area contributed by atoms with E-state index >= 15 is 0 Å². The van der Waals surface area contributed by atoms with Gasteiger partial charge in [-0.3, -0.25) is 9.59 Å². The number of benzene rings is 2. The lowest BCUT2D eigenvalue weighted by Crippen LogP contribution is -2.25. The number of aryl methyl sites for hydroxylation is 1. The summed E-state index contributed by atoms with van der Waals surface area (Å²) in [6.07, 6.45) is 0.462. The second kappa shape index (κ2) is 7.04. The molecule has 0 saturated carbocycles. The van der Waals surface area contributed by atoms with E-state index in [2.05, 4.69) is 10.6 Å². The molecule has 0 aromatic heterocycles. The molecule has 0 unspecified atom stereocenters. The van der Waals surface area contributed by atoms with Gasteiger partial charge in [0.1, 0.15) is 5.75 Å². The van der Waals surface area contributed by atoms with Crippen LogP contribution in [0.3, 0.4) is 0 Å². The van der Waals surface area contributed by atoms with E-state index in [1.54, 1.807) is 36.4 Å². The zero-order chi connectivity index (χ0) is 17.8. The van der Waals surface area contributed by atoms with Crippen molar-refractivity contribution in [3.63, 3.8) is 0 Å². The summed E-state index contributed by atoms with van der Waals surface area (Å²) in [7, 11) is 0. The Kier molecular flexibility index (Phi) is 4.65. The van der Waals surface area contributed by atoms with Crippen LogP contribution in [0.25, 0.3) is 0 Å².